The van der Waals surface area contributed by atoms with Crippen molar-refractivity contribution in [3.8, 4) is 17.4 Å². The van der Waals surface area contributed by atoms with E-state index in [-0.39, 0.29) is 39.1 Å². The summed E-state index contributed by atoms with van der Waals surface area (Å²) in [7, 11) is 0. The predicted molar refractivity (Wildman–Crippen MR) is 104 cm³/mol. The maximum Gasteiger partial charge on any atom is 0.270 e. The number of nitrogens with one attached hydrogen (secondary N) is 1. The standard InChI is InChI=1S/C20H11ClFN3O4/c21-16-7-5-13(25(27)28)10-15(16)19-8-6-14(29-19)9-12(11-23)20(26)24-18-4-2-1-3-17(18)22/h1-10H,(H,24,26)/b12-9+. The summed E-state index contributed by atoms with van der Waals surface area (Å²) in [6.07, 6.45) is 1.17. The molecule has 0 saturated carbocycles. The number of halogens is 2. The maximum atomic E-state index is 13.7. The van der Waals surface area contributed by atoms with Gasteiger partial charge in [0.05, 0.1) is 15.6 Å². The summed E-state index contributed by atoms with van der Waals surface area (Å²) in [5.41, 5.74) is -0.267. The van der Waals surface area contributed by atoms with Crippen LogP contribution in [0.1, 0.15) is 5.76 Å². The van der Waals surface area contributed by atoms with Gasteiger partial charge in [0.2, 0.25) is 0 Å². The van der Waals surface area contributed by atoms with E-state index in [1.165, 1.54) is 60.7 Å². The van der Waals surface area contributed by atoms with Gasteiger partial charge in [-0.05, 0) is 30.3 Å². The molecular weight excluding hydrogens is 401 g/mol. The zero-order valence-corrected chi connectivity index (χ0v) is 15.3. The van der Waals surface area contributed by atoms with Crippen molar-refractivity contribution in [3.63, 3.8) is 0 Å². The molecule has 3 aromatic rings. The van der Waals surface area contributed by atoms with Crippen LogP contribution in [0.5, 0.6) is 0 Å². The fourth-order valence-corrected chi connectivity index (χ4v) is 2.64. The SMILES string of the molecule is N#C/C(=C\c1ccc(-c2cc([N+](=O)[O-])ccc2Cl)o1)C(=O)Nc1ccccc1F. The zero-order chi connectivity index (χ0) is 21.0. The number of rotatable bonds is 5. The smallest absolute Gasteiger partial charge is 0.270 e. The van der Waals surface area contributed by atoms with E-state index in [2.05, 4.69) is 5.32 Å². The Balaban J connectivity index is 1.87. The van der Waals surface area contributed by atoms with Crippen LogP contribution in [0.2, 0.25) is 5.02 Å². The van der Waals surface area contributed by atoms with E-state index in [0.29, 0.717) is 0 Å². The molecule has 29 heavy (non-hydrogen) atoms. The lowest BCUT2D eigenvalue weighted by atomic mass is 10.1. The van der Waals surface area contributed by atoms with Gasteiger partial charge < -0.3 is 9.73 Å². The summed E-state index contributed by atoms with van der Waals surface area (Å²) in [6.45, 7) is 0. The van der Waals surface area contributed by atoms with Crippen LogP contribution in [0.4, 0.5) is 15.8 Å². The number of nitriles is 1. The first-order chi connectivity index (χ1) is 13.9. The van der Waals surface area contributed by atoms with Crippen molar-refractivity contribution in [2.24, 2.45) is 0 Å². The second kappa shape index (κ2) is 8.37. The molecule has 0 spiro atoms. The molecule has 0 aliphatic heterocycles. The number of para-hydroxylation sites is 1. The number of hydrogen-bond donors (Lipinski definition) is 1. The lowest BCUT2D eigenvalue weighted by Crippen LogP contribution is -2.14. The highest BCUT2D eigenvalue weighted by atomic mass is 35.5. The molecule has 1 N–H and O–H groups in total. The Bertz CT molecular complexity index is 1180. The first-order valence-corrected chi connectivity index (χ1v) is 8.48. The van der Waals surface area contributed by atoms with Crippen molar-refractivity contribution in [1.29, 1.82) is 5.26 Å². The number of amides is 1. The lowest BCUT2D eigenvalue weighted by molar-refractivity contribution is -0.384. The van der Waals surface area contributed by atoms with Gasteiger partial charge >= 0.3 is 0 Å². The van der Waals surface area contributed by atoms with E-state index in [0.717, 1.165) is 0 Å². The van der Waals surface area contributed by atoms with Crippen LogP contribution < -0.4 is 5.32 Å². The Morgan fingerprint density at radius 3 is 2.69 bits per heavy atom. The van der Waals surface area contributed by atoms with Crippen molar-refractivity contribution >= 4 is 35.0 Å². The van der Waals surface area contributed by atoms with E-state index in [9.17, 15) is 24.6 Å². The third kappa shape index (κ3) is 4.48. The third-order valence-corrected chi connectivity index (χ3v) is 4.16. The Kier molecular flexibility index (Phi) is 5.71. The molecule has 7 nitrogen and oxygen atoms in total. The van der Waals surface area contributed by atoms with Crippen molar-refractivity contribution < 1.29 is 18.5 Å². The van der Waals surface area contributed by atoms with Crippen LogP contribution in [0.25, 0.3) is 17.4 Å². The van der Waals surface area contributed by atoms with Gasteiger partial charge in [0.1, 0.15) is 29.0 Å². The number of hydrogen-bond acceptors (Lipinski definition) is 5. The lowest BCUT2D eigenvalue weighted by Gasteiger charge is -2.04. The summed E-state index contributed by atoms with van der Waals surface area (Å²) >= 11 is 6.08. The number of benzene rings is 2. The largest absolute Gasteiger partial charge is 0.457 e. The molecule has 2 aromatic carbocycles. The number of nitro groups is 1. The van der Waals surface area contributed by atoms with Gasteiger partial charge in [0.15, 0.2) is 0 Å². The van der Waals surface area contributed by atoms with E-state index < -0.39 is 16.6 Å². The van der Waals surface area contributed by atoms with Crippen LogP contribution in [-0.2, 0) is 4.79 Å². The summed E-state index contributed by atoms with van der Waals surface area (Å²) in [6, 6.07) is 14.1. The van der Waals surface area contributed by atoms with Crippen molar-refractivity contribution in [3.05, 3.63) is 86.9 Å². The second-order valence-electron chi connectivity index (χ2n) is 5.73. The summed E-state index contributed by atoms with van der Waals surface area (Å²) in [5.74, 6) is -1.10. The van der Waals surface area contributed by atoms with Crippen molar-refractivity contribution in [2.45, 2.75) is 0 Å². The maximum absolute atomic E-state index is 13.7. The van der Waals surface area contributed by atoms with Gasteiger partial charge in [-0.1, -0.05) is 23.7 Å². The van der Waals surface area contributed by atoms with Gasteiger partial charge in [0.25, 0.3) is 11.6 Å². The van der Waals surface area contributed by atoms with Gasteiger partial charge in [-0.2, -0.15) is 5.26 Å². The number of carbonyl (C=O) groups excluding carboxylic acids is 1. The molecule has 0 bridgehead atoms. The molecule has 0 fully saturated rings. The minimum Gasteiger partial charge on any atom is -0.457 e. The topological polar surface area (TPSA) is 109 Å². The number of non-ortho nitro benzene ring substituents is 1. The van der Waals surface area contributed by atoms with Crippen molar-refractivity contribution in [2.75, 3.05) is 5.32 Å². The van der Waals surface area contributed by atoms with E-state index >= 15 is 0 Å². The molecule has 3 rings (SSSR count). The fraction of sp³-hybridized carbons (Fsp3) is 0. The molecule has 1 amide bonds. The molecule has 0 unspecified atom stereocenters. The van der Waals surface area contributed by atoms with Crippen LogP contribution >= 0.6 is 11.6 Å². The molecule has 0 aliphatic rings. The molecule has 0 aliphatic carbocycles. The molecule has 9 heteroatoms. The monoisotopic (exact) mass is 411 g/mol. The van der Waals surface area contributed by atoms with E-state index in [4.69, 9.17) is 16.0 Å². The van der Waals surface area contributed by atoms with E-state index in [1.54, 1.807) is 6.07 Å². The van der Waals surface area contributed by atoms with Gasteiger partial charge in [-0.3, -0.25) is 14.9 Å². The molecule has 0 saturated heterocycles. The zero-order valence-electron chi connectivity index (χ0n) is 14.6. The van der Waals surface area contributed by atoms with Gasteiger partial charge in [-0.25, -0.2) is 4.39 Å². The fourth-order valence-electron chi connectivity index (χ4n) is 2.43. The number of carbonyl (C=O) groups is 1. The first kappa shape index (κ1) is 19.8. The minimum absolute atomic E-state index is 0.0674. The number of furan rings is 1. The Morgan fingerprint density at radius 2 is 2.00 bits per heavy atom. The third-order valence-electron chi connectivity index (χ3n) is 3.83. The van der Waals surface area contributed by atoms with Crippen molar-refractivity contribution in [1.82, 2.24) is 0 Å². The van der Waals surface area contributed by atoms with Crippen LogP contribution in [0.3, 0.4) is 0 Å². The highest BCUT2D eigenvalue weighted by Crippen LogP contribution is 2.33. The number of nitrogens with zero attached hydrogens (tertiary/aromatic N) is 2. The Morgan fingerprint density at radius 1 is 1.24 bits per heavy atom. The molecule has 1 heterocycles. The minimum atomic E-state index is -0.816. The summed E-state index contributed by atoms with van der Waals surface area (Å²) in [4.78, 5) is 22.6. The average Bonchev–Trinajstić information content (AvgIpc) is 3.16. The molecule has 1 aromatic heterocycles. The average molecular weight is 412 g/mol. The molecule has 0 atom stereocenters. The normalized spacial score (nSPS) is 11.0. The molecule has 144 valence electrons. The predicted octanol–water partition coefficient (Wildman–Crippen LogP) is 5.19. The first-order valence-electron chi connectivity index (χ1n) is 8.11. The van der Waals surface area contributed by atoms with Crippen LogP contribution in [0, 0.1) is 27.3 Å². The van der Waals surface area contributed by atoms with Gasteiger partial charge in [0, 0.05) is 23.8 Å². The Labute approximate surface area is 168 Å². The summed E-state index contributed by atoms with van der Waals surface area (Å²) in [5, 5.41) is 22.8. The molecular formula is C20H11ClFN3O4. The van der Waals surface area contributed by atoms with Gasteiger partial charge in [-0.15, -0.1) is 0 Å². The van der Waals surface area contributed by atoms with Crippen LogP contribution in [-0.4, -0.2) is 10.8 Å². The van der Waals surface area contributed by atoms with Crippen LogP contribution in [0.15, 0.2) is 64.6 Å². The highest BCUT2D eigenvalue weighted by molar-refractivity contribution is 6.33. The Hall–Kier alpha value is -3.96. The number of nitro benzene ring substituents is 1. The van der Waals surface area contributed by atoms with E-state index in [1.807, 2.05) is 0 Å². The molecule has 0 radical (unpaired) electrons. The highest BCUT2D eigenvalue weighted by Gasteiger charge is 2.16. The quantitative estimate of drug-likeness (QED) is 0.269. The second-order valence-corrected chi connectivity index (χ2v) is 6.13. The number of anilines is 1. The summed E-state index contributed by atoms with van der Waals surface area (Å²) < 4.78 is 19.2.